The predicted molar refractivity (Wildman–Crippen MR) is 77.3 cm³/mol. The SMILES string of the molecule is CC(NCCCN=[N+]=[N-])(C(N)=O)c1ccc(F)cc1Br. The van der Waals surface area contributed by atoms with Gasteiger partial charge in [0.1, 0.15) is 11.4 Å². The summed E-state index contributed by atoms with van der Waals surface area (Å²) >= 11 is 3.23. The molecule has 1 aromatic carbocycles. The van der Waals surface area contributed by atoms with E-state index in [-0.39, 0.29) is 0 Å². The van der Waals surface area contributed by atoms with E-state index in [2.05, 4.69) is 31.3 Å². The summed E-state index contributed by atoms with van der Waals surface area (Å²) in [4.78, 5) is 14.4. The van der Waals surface area contributed by atoms with Crippen LogP contribution in [0.25, 0.3) is 10.4 Å². The fraction of sp³-hybridized carbons (Fsp3) is 0.417. The van der Waals surface area contributed by atoms with Crippen LogP contribution in [0.2, 0.25) is 0 Å². The summed E-state index contributed by atoms with van der Waals surface area (Å²) < 4.78 is 13.6. The average molecular weight is 344 g/mol. The molecule has 20 heavy (non-hydrogen) atoms. The highest BCUT2D eigenvalue weighted by Gasteiger charge is 2.34. The van der Waals surface area contributed by atoms with Crippen LogP contribution in [-0.4, -0.2) is 19.0 Å². The summed E-state index contributed by atoms with van der Waals surface area (Å²) in [6, 6.07) is 4.05. The second-order valence-electron chi connectivity index (χ2n) is 4.35. The van der Waals surface area contributed by atoms with Crippen molar-refractivity contribution in [2.45, 2.75) is 18.9 Å². The lowest BCUT2D eigenvalue weighted by atomic mass is 9.91. The quantitative estimate of drug-likeness (QED) is 0.343. The van der Waals surface area contributed by atoms with Crippen LogP contribution in [0.4, 0.5) is 4.39 Å². The van der Waals surface area contributed by atoms with Gasteiger partial charge in [-0.2, -0.15) is 0 Å². The van der Waals surface area contributed by atoms with Crippen LogP contribution in [0, 0.1) is 5.82 Å². The van der Waals surface area contributed by atoms with Gasteiger partial charge in [-0.1, -0.05) is 27.1 Å². The third-order valence-corrected chi connectivity index (χ3v) is 3.60. The van der Waals surface area contributed by atoms with E-state index in [1.165, 1.54) is 18.2 Å². The van der Waals surface area contributed by atoms with Gasteiger partial charge in [-0.25, -0.2) is 4.39 Å². The van der Waals surface area contributed by atoms with Crippen molar-refractivity contribution in [3.05, 3.63) is 44.5 Å². The zero-order chi connectivity index (χ0) is 15.2. The number of hydrogen-bond donors (Lipinski definition) is 2. The molecule has 8 heteroatoms. The van der Waals surface area contributed by atoms with Crippen molar-refractivity contribution < 1.29 is 9.18 Å². The summed E-state index contributed by atoms with van der Waals surface area (Å²) in [6.45, 7) is 2.38. The van der Waals surface area contributed by atoms with Crippen molar-refractivity contribution in [1.82, 2.24) is 5.32 Å². The fourth-order valence-electron chi connectivity index (χ4n) is 1.74. The van der Waals surface area contributed by atoms with E-state index in [1.807, 2.05) is 0 Å². The number of halogens is 2. The van der Waals surface area contributed by atoms with Gasteiger partial charge in [-0.3, -0.25) is 10.1 Å². The summed E-state index contributed by atoms with van der Waals surface area (Å²) in [5, 5.41) is 6.42. The monoisotopic (exact) mass is 343 g/mol. The number of nitrogens with one attached hydrogen (secondary N) is 1. The molecule has 0 saturated heterocycles. The van der Waals surface area contributed by atoms with E-state index in [4.69, 9.17) is 11.3 Å². The number of rotatable bonds is 7. The molecule has 0 spiro atoms. The first-order valence-corrected chi connectivity index (χ1v) is 6.72. The van der Waals surface area contributed by atoms with Crippen LogP contribution >= 0.6 is 15.9 Å². The Bertz CT molecular complexity index is 547. The number of nitrogens with zero attached hydrogens (tertiary/aromatic N) is 3. The molecule has 1 atom stereocenters. The molecule has 0 saturated carbocycles. The molecule has 0 aliphatic rings. The number of primary amides is 1. The zero-order valence-corrected chi connectivity index (χ0v) is 12.5. The lowest BCUT2D eigenvalue weighted by molar-refractivity contribution is -0.124. The highest BCUT2D eigenvalue weighted by atomic mass is 79.9. The van der Waals surface area contributed by atoms with Crippen molar-refractivity contribution in [2.75, 3.05) is 13.1 Å². The number of hydrogen-bond acceptors (Lipinski definition) is 3. The Hall–Kier alpha value is -1.63. The predicted octanol–water partition coefficient (Wildman–Crippen LogP) is 2.58. The molecular weight excluding hydrogens is 329 g/mol. The fourth-order valence-corrected chi connectivity index (χ4v) is 2.49. The second kappa shape index (κ2) is 7.23. The Morgan fingerprint density at radius 2 is 2.35 bits per heavy atom. The Kier molecular flexibility index (Phi) is 5.94. The Morgan fingerprint density at radius 1 is 1.65 bits per heavy atom. The maximum Gasteiger partial charge on any atom is 0.242 e. The van der Waals surface area contributed by atoms with E-state index >= 15 is 0 Å². The van der Waals surface area contributed by atoms with E-state index in [1.54, 1.807) is 6.92 Å². The molecule has 0 heterocycles. The van der Waals surface area contributed by atoms with Gasteiger partial charge in [0, 0.05) is 15.9 Å². The number of azide groups is 1. The van der Waals surface area contributed by atoms with Crippen molar-refractivity contribution in [1.29, 1.82) is 0 Å². The van der Waals surface area contributed by atoms with E-state index < -0.39 is 17.3 Å². The molecule has 0 aromatic heterocycles. The zero-order valence-electron chi connectivity index (χ0n) is 10.9. The molecule has 0 aliphatic carbocycles. The van der Waals surface area contributed by atoms with Gasteiger partial charge >= 0.3 is 0 Å². The third-order valence-electron chi connectivity index (χ3n) is 2.94. The van der Waals surface area contributed by atoms with Crippen LogP contribution in [0.15, 0.2) is 27.8 Å². The summed E-state index contributed by atoms with van der Waals surface area (Å²) in [5.41, 5.74) is 13.0. The molecule has 0 fully saturated rings. The smallest absolute Gasteiger partial charge is 0.242 e. The molecule has 1 amide bonds. The average Bonchev–Trinajstić information content (AvgIpc) is 2.37. The normalized spacial score (nSPS) is 13.3. The molecule has 6 nitrogen and oxygen atoms in total. The van der Waals surface area contributed by atoms with Gasteiger partial charge in [0.25, 0.3) is 0 Å². The van der Waals surface area contributed by atoms with Crippen molar-refractivity contribution in [2.24, 2.45) is 10.8 Å². The minimum absolute atomic E-state index is 0.322. The summed E-state index contributed by atoms with van der Waals surface area (Å²) in [6.07, 6.45) is 0.561. The highest BCUT2D eigenvalue weighted by Crippen LogP contribution is 2.29. The van der Waals surface area contributed by atoms with Gasteiger partial charge in [0.2, 0.25) is 5.91 Å². The number of carbonyl (C=O) groups is 1. The highest BCUT2D eigenvalue weighted by molar-refractivity contribution is 9.10. The van der Waals surface area contributed by atoms with Gasteiger partial charge < -0.3 is 5.73 Å². The second-order valence-corrected chi connectivity index (χ2v) is 5.20. The Balaban J connectivity index is 2.91. The van der Waals surface area contributed by atoms with Crippen LogP contribution < -0.4 is 11.1 Å². The van der Waals surface area contributed by atoms with Gasteiger partial charge in [-0.15, -0.1) is 0 Å². The van der Waals surface area contributed by atoms with Crippen molar-refractivity contribution in [3.63, 3.8) is 0 Å². The Morgan fingerprint density at radius 3 is 2.90 bits per heavy atom. The van der Waals surface area contributed by atoms with Crippen molar-refractivity contribution in [3.8, 4) is 0 Å². The molecule has 0 radical (unpaired) electrons. The molecule has 1 unspecified atom stereocenters. The van der Waals surface area contributed by atoms with Gasteiger partial charge in [-0.05, 0) is 43.1 Å². The van der Waals surface area contributed by atoms with E-state index in [0.29, 0.717) is 29.5 Å². The first-order valence-electron chi connectivity index (χ1n) is 5.93. The number of benzene rings is 1. The lowest BCUT2D eigenvalue weighted by Crippen LogP contribution is -2.51. The van der Waals surface area contributed by atoms with Crippen LogP contribution in [0.5, 0.6) is 0 Å². The molecule has 1 aromatic rings. The first kappa shape index (κ1) is 16.4. The maximum absolute atomic E-state index is 13.1. The Labute approximate surface area is 124 Å². The molecule has 1 rings (SSSR count). The number of amides is 1. The standard InChI is InChI=1S/C12H15BrFN5O/c1-12(11(15)20,17-5-2-6-18-19-16)9-4-3-8(14)7-10(9)13/h3-4,7,17H,2,5-6H2,1H3,(H2,15,20). The lowest BCUT2D eigenvalue weighted by Gasteiger charge is -2.29. The molecule has 0 bridgehead atoms. The van der Waals surface area contributed by atoms with Gasteiger partial charge in [0.05, 0.1) is 0 Å². The topological polar surface area (TPSA) is 104 Å². The molecule has 3 N–H and O–H groups in total. The van der Waals surface area contributed by atoms with E-state index in [0.717, 1.165) is 0 Å². The largest absolute Gasteiger partial charge is 0.368 e. The number of carbonyl (C=O) groups excluding carboxylic acids is 1. The van der Waals surface area contributed by atoms with E-state index in [9.17, 15) is 9.18 Å². The van der Waals surface area contributed by atoms with Crippen LogP contribution in [0.1, 0.15) is 18.9 Å². The van der Waals surface area contributed by atoms with Crippen LogP contribution in [-0.2, 0) is 10.3 Å². The summed E-state index contributed by atoms with van der Waals surface area (Å²) in [5.74, 6) is -0.982. The molecule has 108 valence electrons. The minimum Gasteiger partial charge on any atom is -0.368 e. The summed E-state index contributed by atoms with van der Waals surface area (Å²) in [7, 11) is 0. The molecule has 0 aliphatic heterocycles. The number of nitrogens with two attached hydrogens (primary N) is 1. The van der Waals surface area contributed by atoms with Gasteiger partial charge in [0.15, 0.2) is 0 Å². The first-order chi connectivity index (χ1) is 9.41. The third kappa shape index (κ3) is 3.93. The van der Waals surface area contributed by atoms with Crippen molar-refractivity contribution >= 4 is 21.8 Å². The van der Waals surface area contributed by atoms with Crippen LogP contribution in [0.3, 0.4) is 0 Å². The molecular formula is C12H15BrFN5O. The minimum atomic E-state index is -1.14. The maximum atomic E-state index is 13.1.